The molecule has 5 heteroatoms. The molecule has 0 fully saturated rings. The maximum atomic E-state index is 5.98. The predicted octanol–water partition coefficient (Wildman–Crippen LogP) is 3.33. The second kappa shape index (κ2) is 6.66. The Morgan fingerprint density at radius 3 is 2.93 bits per heavy atom. The number of nitrogens with one attached hydrogen (secondary N) is 1. The van der Waals surface area contributed by atoms with Gasteiger partial charge in [0.05, 0.1) is 6.04 Å². The van der Waals surface area contributed by atoms with Crippen molar-refractivity contribution in [3.63, 3.8) is 0 Å². The van der Waals surface area contributed by atoms with Gasteiger partial charge < -0.3 is 11.1 Å². The van der Waals surface area contributed by atoms with E-state index in [-0.39, 0.29) is 6.04 Å². The van der Waals surface area contributed by atoms with Crippen molar-refractivity contribution in [1.82, 2.24) is 5.32 Å². The zero-order valence-corrected chi connectivity index (χ0v) is 11.5. The summed E-state index contributed by atoms with van der Waals surface area (Å²) in [6.07, 6.45) is 2.83. The van der Waals surface area contributed by atoms with Crippen molar-refractivity contribution in [2.45, 2.75) is 12.5 Å². The van der Waals surface area contributed by atoms with E-state index < -0.39 is 0 Å². The Hall–Kier alpha value is 0.130. The Labute approximate surface area is 108 Å². The van der Waals surface area contributed by atoms with Crippen molar-refractivity contribution in [2.75, 3.05) is 13.1 Å². The molecule has 0 spiro atoms. The van der Waals surface area contributed by atoms with Crippen LogP contribution < -0.4 is 11.1 Å². The van der Waals surface area contributed by atoms with Gasteiger partial charge in [-0.05, 0) is 35.0 Å². The lowest BCUT2D eigenvalue weighted by Gasteiger charge is -2.14. The molecule has 3 N–H and O–H groups in total. The molecule has 1 atom stereocenters. The molecule has 1 rings (SSSR count). The number of nitrogens with two attached hydrogens (primary N) is 1. The molecule has 0 bridgehead atoms. The Balaban J connectivity index is 2.61. The Bertz CT molecular complexity index is 308. The summed E-state index contributed by atoms with van der Waals surface area (Å²) in [6.45, 7) is 5.13. The van der Waals surface area contributed by atoms with Crippen molar-refractivity contribution < 1.29 is 0 Å². The van der Waals surface area contributed by atoms with Gasteiger partial charge in [-0.2, -0.15) is 0 Å². The molecule has 0 aliphatic carbocycles. The van der Waals surface area contributed by atoms with Gasteiger partial charge in [-0.3, -0.25) is 0 Å². The standard InChI is InChI=1S/C10H14BrClN2S/c1-2-3-4-14-8(6-13)9-5-7(11)10(12)15-9/h2,5,8,14H,1,3-4,6,13H2. The van der Waals surface area contributed by atoms with E-state index in [9.17, 15) is 0 Å². The van der Waals surface area contributed by atoms with Crippen molar-refractivity contribution in [3.05, 3.63) is 32.4 Å². The first-order valence-electron chi connectivity index (χ1n) is 4.68. The van der Waals surface area contributed by atoms with E-state index in [1.54, 1.807) is 11.3 Å². The van der Waals surface area contributed by atoms with Crippen LogP contribution in [-0.2, 0) is 0 Å². The van der Waals surface area contributed by atoms with E-state index in [0.717, 1.165) is 21.8 Å². The molecule has 1 aromatic heterocycles. The maximum Gasteiger partial charge on any atom is 0.107 e. The molecule has 84 valence electrons. The summed E-state index contributed by atoms with van der Waals surface area (Å²) in [7, 11) is 0. The summed E-state index contributed by atoms with van der Waals surface area (Å²) in [5, 5.41) is 3.36. The second-order valence-electron chi connectivity index (χ2n) is 3.09. The van der Waals surface area contributed by atoms with Gasteiger partial charge in [0.2, 0.25) is 0 Å². The molecule has 0 radical (unpaired) electrons. The molecule has 0 saturated heterocycles. The van der Waals surface area contributed by atoms with Crippen LogP contribution >= 0.6 is 38.9 Å². The van der Waals surface area contributed by atoms with Gasteiger partial charge in [0.25, 0.3) is 0 Å². The highest BCUT2D eigenvalue weighted by atomic mass is 79.9. The highest BCUT2D eigenvalue weighted by molar-refractivity contribution is 9.10. The Morgan fingerprint density at radius 2 is 2.47 bits per heavy atom. The number of thiophene rings is 1. The van der Waals surface area contributed by atoms with Crippen LogP contribution in [0.25, 0.3) is 0 Å². The van der Waals surface area contributed by atoms with Crippen LogP contribution in [0, 0.1) is 0 Å². The van der Waals surface area contributed by atoms with Crippen LogP contribution in [0.1, 0.15) is 17.3 Å². The van der Waals surface area contributed by atoms with E-state index in [2.05, 4.69) is 27.8 Å². The third-order valence-electron chi connectivity index (χ3n) is 1.98. The summed E-state index contributed by atoms with van der Waals surface area (Å²) in [5.41, 5.74) is 5.71. The van der Waals surface area contributed by atoms with E-state index in [4.69, 9.17) is 17.3 Å². The third-order valence-corrected chi connectivity index (χ3v) is 4.57. The second-order valence-corrected chi connectivity index (χ2v) is 5.63. The van der Waals surface area contributed by atoms with Crippen LogP contribution in [0.3, 0.4) is 0 Å². The Kier molecular flexibility index (Phi) is 5.86. The monoisotopic (exact) mass is 308 g/mol. The third kappa shape index (κ3) is 3.89. The van der Waals surface area contributed by atoms with Crippen molar-refractivity contribution >= 4 is 38.9 Å². The van der Waals surface area contributed by atoms with E-state index in [1.165, 1.54) is 4.88 Å². The minimum Gasteiger partial charge on any atom is -0.329 e. The zero-order chi connectivity index (χ0) is 11.3. The summed E-state index contributed by atoms with van der Waals surface area (Å²) < 4.78 is 1.71. The molecule has 1 aromatic rings. The van der Waals surface area contributed by atoms with Crippen LogP contribution in [0.2, 0.25) is 4.34 Å². The molecule has 0 aliphatic rings. The molecular weight excluding hydrogens is 296 g/mol. The lowest BCUT2D eigenvalue weighted by Crippen LogP contribution is -2.28. The minimum atomic E-state index is 0.179. The van der Waals surface area contributed by atoms with Gasteiger partial charge in [-0.15, -0.1) is 17.9 Å². The van der Waals surface area contributed by atoms with Gasteiger partial charge in [-0.1, -0.05) is 17.7 Å². The van der Waals surface area contributed by atoms with Crippen molar-refractivity contribution in [1.29, 1.82) is 0 Å². The van der Waals surface area contributed by atoms with Crippen LogP contribution in [-0.4, -0.2) is 13.1 Å². The lowest BCUT2D eigenvalue weighted by atomic mass is 10.2. The predicted molar refractivity (Wildman–Crippen MR) is 71.6 cm³/mol. The fourth-order valence-corrected chi connectivity index (χ4v) is 3.02. The van der Waals surface area contributed by atoms with Crippen LogP contribution in [0.4, 0.5) is 0 Å². The van der Waals surface area contributed by atoms with Gasteiger partial charge in [0.1, 0.15) is 4.34 Å². The number of rotatable bonds is 6. The van der Waals surface area contributed by atoms with Gasteiger partial charge in [-0.25, -0.2) is 0 Å². The summed E-state index contributed by atoms with van der Waals surface area (Å²) in [6, 6.07) is 2.20. The molecule has 15 heavy (non-hydrogen) atoms. The van der Waals surface area contributed by atoms with E-state index >= 15 is 0 Å². The number of halogens is 2. The lowest BCUT2D eigenvalue weighted by molar-refractivity contribution is 0.556. The molecule has 0 saturated carbocycles. The number of hydrogen-bond donors (Lipinski definition) is 2. The first kappa shape index (κ1) is 13.2. The first-order valence-corrected chi connectivity index (χ1v) is 6.66. The van der Waals surface area contributed by atoms with Crippen molar-refractivity contribution in [3.8, 4) is 0 Å². The smallest absolute Gasteiger partial charge is 0.107 e. The molecule has 1 heterocycles. The average Bonchev–Trinajstić information content (AvgIpc) is 2.54. The van der Waals surface area contributed by atoms with Gasteiger partial charge in [0.15, 0.2) is 0 Å². The van der Waals surface area contributed by atoms with Crippen LogP contribution in [0.15, 0.2) is 23.2 Å². The number of hydrogen-bond acceptors (Lipinski definition) is 3. The molecule has 0 aliphatic heterocycles. The quantitative estimate of drug-likeness (QED) is 0.625. The molecule has 2 nitrogen and oxygen atoms in total. The normalized spacial score (nSPS) is 12.7. The summed E-state index contributed by atoms with van der Waals surface area (Å²) >= 11 is 10.9. The molecule has 0 amide bonds. The average molecular weight is 310 g/mol. The topological polar surface area (TPSA) is 38.0 Å². The highest BCUT2D eigenvalue weighted by Gasteiger charge is 2.13. The molecule has 1 unspecified atom stereocenters. The fraction of sp³-hybridized carbons (Fsp3) is 0.400. The van der Waals surface area contributed by atoms with E-state index in [1.807, 2.05) is 12.1 Å². The van der Waals surface area contributed by atoms with Gasteiger partial charge >= 0.3 is 0 Å². The summed E-state index contributed by atoms with van der Waals surface area (Å²) in [5.74, 6) is 0. The molecule has 0 aromatic carbocycles. The van der Waals surface area contributed by atoms with Crippen LogP contribution in [0.5, 0.6) is 0 Å². The SMILES string of the molecule is C=CCCNC(CN)c1cc(Br)c(Cl)s1. The highest BCUT2D eigenvalue weighted by Crippen LogP contribution is 2.34. The Morgan fingerprint density at radius 1 is 1.73 bits per heavy atom. The maximum absolute atomic E-state index is 5.98. The largest absolute Gasteiger partial charge is 0.329 e. The minimum absolute atomic E-state index is 0.179. The molecular formula is C10H14BrClN2S. The van der Waals surface area contributed by atoms with Crippen molar-refractivity contribution in [2.24, 2.45) is 5.73 Å². The fourth-order valence-electron chi connectivity index (χ4n) is 1.19. The van der Waals surface area contributed by atoms with E-state index in [0.29, 0.717) is 6.54 Å². The first-order chi connectivity index (χ1) is 7.19. The van der Waals surface area contributed by atoms with Gasteiger partial charge in [0, 0.05) is 15.9 Å². The zero-order valence-electron chi connectivity index (χ0n) is 8.30. The summed E-state index contributed by atoms with van der Waals surface area (Å²) in [4.78, 5) is 1.17.